The normalized spacial score (nSPS) is 12.6. The fourth-order valence-electron chi connectivity index (χ4n) is 0.806. The molecule has 0 aliphatic carbocycles. The maximum atomic E-state index is 12.0. The molecule has 1 heterocycles. The van der Waals surface area contributed by atoms with Crippen LogP contribution in [-0.4, -0.2) is 19.8 Å². The molecule has 17 heavy (non-hydrogen) atoms. The van der Waals surface area contributed by atoms with E-state index in [1.54, 1.807) is 0 Å². The zero-order valence-corrected chi connectivity index (χ0v) is 11.3. The number of alkyl halides is 3. The molecule has 0 fully saturated rings. The van der Waals surface area contributed by atoms with Crippen LogP contribution < -0.4 is 4.74 Å². The van der Waals surface area contributed by atoms with E-state index in [0.29, 0.717) is 6.20 Å². The molecule has 0 spiro atoms. The lowest BCUT2D eigenvalue weighted by Crippen LogP contribution is -2.18. The Bertz CT molecular complexity index is 548. The van der Waals surface area contributed by atoms with E-state index in [0.717, 1.165) is 0 Å². The molecule has 0 saturated carbocycles. The van der Waals surface area contributed by atoms with E-state index < -0.39 is 35.7 Å². The molecular formula is C6HBrCl2F3NO3S. The Morgan fingerprint density at radius 1 is 1.41 bits per heavy atom. The van der Waals surface area contributed by atoms with Gasteiger partial charge in [0, 0.05) is 10.7 Å². The Hall–Kier alpha value is -0.250. The van der Waals surface area contributed by atoms with E-state index in [1.807, 2.05) is 0 Å². The van der Waals surface area contributed by atoms with Gasteiger partial charge < -0.3 is 4.74 Å². The van der Waals surface area contributed by atoms with Gasteiger partial charge in [0.05, 0.1) is 10.7 Å². The summed E-state index contributed by atoms with van der Waals surface area (Å²) in [5.74, 6) is -0.971. The van der Waals surface area contributed by atoms with Gasteiger partial charge in [0.2, 0.25) is 0 Å². The maximum absolute atomic E-state index is 12.0. The molecule has 96 valence electrons. The molecule has 1 rings (SSSR count). The van der Waals surface area contributed by atoms with Crippen LogP contribution >= 0.6 is 38.2 Å². The minimum Gasteiger partial charge on any atom is -0.401 e. The lowest BCUT2D eigenvalue weighted by molar-refractivity contribution is -0.275. The zero-order valence-electron chi connectivity index (χ0n) is 7.43. The molecule has 11 heteroatoms. The third-order valence-electron chi connectivity index (χ3n) is 1.38. The average molecular weight is 375 g/mol. The number of rotatable bonds is 2. The van der Waals surface area contributed by atoms with Crippen LogP contribution in [0.5, 0.6) is 5.75 Å². The number of ether oxygens (including phenoxy) is 1. The van der Waals surface area contributed by atoms with E-state index in [1.165, 1.54) is 0 Å². The van der Waals surface area contributed by atoms with Crippen molar-refractivity contribution in [2.75, 3.05) is 0 Å². The molecule has 0 amide bonds. The van der Waals surface area contributed by atoms with Crippen molar-refractivity contribution >= 4 is 47.3 Å². The van der Waals surface area contributed by atoms with E-state index >= 15 is 0 Å². The second-order valence-corrected chi connectivity index (χ2v) is 6.23. The second kappa shape index (κ2) is 4.79. The van der Waals surface area contributed by atoms with Crippen molar-refractivity contribution in [3.63, 3.8) is 0 Å². The van der Waals surface area contributed by atoms with Crippen LogP contribution in [0.25, 0.3) is 0 Å². The lowest BCUT2D eigenvalue weighted by atomic mass is 10.4. The number of hydrogen-bond acceptors (Lipinski definition) is 4. The summed E-state index contributed by atoms with van der Waals surface area (Å²) in [6, 6.07) is 0. The van der Waals surface area contributed by atoms with Crippen molar-refractivity contribution in [3.8, 4) is 5.75 Å². The number of pyridine rings is 1. The predicted molar refractivity (Wildman–Crippen MR) is 56.7 cm³/mol. The summed E-state index contributed by atoms with van der Waals surface area (Å²) >= 11 is 7.96. The minimum atomic E-state index is -5.04. The highest BCUT2D eigenvalue weighted by Crippen LogP contribution is 2.39. The Morgan fingerprint density at radius 3 is 2.35 bits per heavy atom. The van der Waals surface area contributed by atoms with Gasteiger partial charge in [0.1, 0.15) is 4.90 Å². The van der Waals surface area contributed by atoms with E-state index in [2.05, 4.69) is 25.7 Å². The molecule has 1 aromatic rings. The Labute approximate surface area is 111 Å². The van der Waals surface area contributed by atoms with Gasteiger partial charge in [-0.25, -0.2) is 13.4 Å². The predicted octanol–water partition coefficient (Wildman–Crippen LogP) is 3.32. The van der Waals surface area contributed by atoms with Gasteiger partial charge in [0.15, 0.2) is 10.9 Å². The van der Waals surface area contributed by atoms with Gasteiger partial charge in [-0.1, -0.05) is 11.6 Å². The number of nitrogens with zero attached hydrogens (tertiary/aromatic N) is 1. The van der Waals surface area contributed by atoms with Crippen molar-refractivity contribution in [2.24, 2.45) is 0 Å². The molecule has 0 saturated heterocycles. The van der Waals surface area contributed by atoms with Gasteiger partial charge >= 0.3 is 6.36 Å². The van der Waals surface area contributed by atoms with Crippen molar-refractivity contribution in [1.82, 2.24) is 4.98 Å². The van der Waals surface area contributed by atoms with Crippen LogP contribution in [0.4, 0.5) is 13.2 Å². The quantitative estimate of drug-likeness (QED) is 0.588. The van der Waals surface area contributed by atoms with Crippen LogP contribution in [0.3, 0.4) is 0 Å². The Kier molecular flexibility index (Phi) is 4.17. The molecule has 0 atom stereocenters. The summed E-state index contributed by atoms with van der Waals surface area (Å²) in [6.07, 6.45) is -4.33. The minimum absolute atomic E-state index is 0.551. The summed E-state index contributed by atoms with van der Waals surface area (Å²) in [6.45, 7) is 0. The highest BCUT2D eigenvalue weighted by atomic mass is 79.9. The summed E-state index contributed by atoms with van der Waals surface area (Å²) < 4.78 is 61.0. The zero-order chi connectivity index (χ0) is 13.4. The third kappa shape index (κ3) is 3.87. The van der Waals surface area contributed by atoms with Crippen molar-refractivity contribution < 1.29 is 26.3 Å². The van der Waals surface area contributed by atoms with Gasteiger partial charge in [0.25, 0.3) is 9.05 Å². The molecule has 0 N–H and O–H groups in total. The Morgan fingerprint density at radius 2 is 1.94 bits per heavy atom. The summed E-state index contributed by atoms with van der Waals surface area (Å²) in [7, 11) is 0.710. The SMILES string of the molecule is O=S(=O)(Cl)c1cnc(Cl)c(OC(F)(F)F)c1Br. The van der Waals surface area contributed by atoms with Crippen LogP contribution in [0.15, 0.2) is 15.6 Å². The first kappa shape index (κ1) is 14.8. The van der Waals surface area contributed by atoms with Crippen LogP contribution in [0.2, 0.25) is 5.15 Å². The molecular weight excluding hydrogens is 374 g/mol. The van der Waals surface area contributed by atoms with Crippen LogP contribution in [0, 0.1) is 0 Å². The fourth-order valence-corrected chi connectivity index (χ4v) is 3.23. The summed E-state index contributed by atoms with van der Waals surface area (Å²) in [5, 5.41) is -0.654. The van der Waals surface area contributed by atoms with Gasteiger partial charge in [-0.05, 0) is 15.9 Å². The van der Waals surface area contributed by atoms with Crippen LogP contribution in [-0.2, 0) is 9.05 Å². The highest BCUT2D eigenvalue weighted by Gasteiger charge is 2.35. The van der Waals surface area contributed by atoms with Crippen molar-refractivity contribution in [1.29, 1.82) is 0 Å². The largest absolute Gasteiger partial charge is 0.573 e. The first-order valence-electron chi connectivity index (χ1n) is 3.57. The molecule has 0 aliphatic heterocycles. The summed E-state index contributed by atoms with van der Waals surface area (Å²) in [5.41, 5.74) is 0. The standard InChI is InChI=1S/C6HBrCl2F3NO3S/c7-3-2(17(9,14)15)1-13-5(8)4(3)16-6(10,11)12/h1H. The van der Waals surface area contributed by atoms with Gasteiger partial charge in [-0.15, -0.1) is 13.2 Å². The maximum Gasteiger partial charge on any atom is 0.573 e. The van der Waals surface area contributed by atoms with E-state index in [9.17, 15) is 21.6 Å². The first-order valence-corrected chi connectivity index (χ1v) is 7.05. The topological polar surface area (TPSA) is 56.3 Å². The van der Waals surface area contributed by atoms with E-state index in [4.69, 9.17) is 22.3 Å². The van der Waals surface area contributed by atoms with Crippen molar-refractivity contribution in [3.05, 3.63) is 15.8 Å². The highest BCUT2D eigenvalue weighted by molar-refractivity contribution is 9.10. The smallest absolute Gasteiger partial charge is 0.401 e. The lowest BCUT2D eigenvalue weighted by Gasteiger charge is -2.12. The number of aromatic nitrogens is 1. The molecule has 0 radical (unpaired) electrons. The van der Waals surface area contributed by atoms with Crippen LogP contribution in [0.1, 0.15) is 0 Å². The molecule has 0 bridgehead atoms. The number of halogens is 6. The fraction of sp³-hybridized carbons (Fsp3) is 0.167. The van der Waals surface area contributed by atoms with E-state index in [-0.39, 0.29) is 0 Å². The first-order chi connectivity index (χ1) is 7.52. The number of hydrogen-bond donors (Lipinski definition) is 0. The monoisotopic (exact) mass is 373 g/mol. The van der Waals surface area contributed by atoms with Gasteiger partial charge in [-0.3, -0.25) is 0 Å². The molecule has 0 unspecified atom stereocenters. The van der Waals surface area contributed by atoms with Crippen molar-refractivity contribution in [2.45, 2.75) is 11.3 Å². The third-order valence-corrected chi connectivity index (χ3v) is 4.03. The summed E-state index contributed by atoms with van der Waals surface area (Å²) in [4.78, 5) is 2.56. The average Bonchev–Trinajstić information content (AvgIpc) is 2.08. The molecule has 0 aromatic carbocycles. The molecule has 0 aliphatic rings. The second-order valence-electron chi connectivity index (χ2n) is 2.54. The molecule has 4 nitrogen and oxygen atoms in total. The van der Waals surface area contributed by atoms with Gasteiger partial charge in [-0.2, -0.15) is 0 Å². The molecule has 1 aromatic heterocycles. The Balaban J connectivity index is 3.41.